The molecule has 2 aromatic rings. The fraction of sp³-hybridized carbons (Fsp3) is 0.0667. The van der Waals surface area contributed by atoms with Gasteiger partial charge in [0.05, 0.1) is 12.1 Å². The van der Waals surface area contributed by atoms with Crippen molar-refractivity contribution >= 4 is 35.0 Å². The first-order valence-electron chi connectivity index (χ1n) is 6.31. The lowest BCUT2D eigenvalue weighted by atomic mass is 10.1. The van der Waals surface area contributed by atoms with Gasteiger partial charge in [0, 0.05) is 10.7 Å². The Morgan fingerprint density at radius 2 is 1.86 bits per heavy atom. The average Bonchev–Trinajstić information content (AvgIpc) is 2.42. The van der Waals surface area contributed by atoms with E-state index in [0.29, 0.717) is 16.3 Å². The molecule has 22 heavy (non-hydrogen) atoms. The van der Waals surface area contributed by atoms with Gasteiger partial charge in [-0.2, -0.15) is 0 Å². The molecular weight excluding hydrogens is 308 g/mol. The second-order valence-electron chi connectivity index (χ2n) is 4.51. The molecule has 0 aliphatic rings. The quantitative estimate of drug-likeness (QED) is 0.649. The molecule has 0 fully saturated rings. The van der Waals surface area contributed by atoms with Gasteiger partial charge in [0.2, 0.25) is 0 Å². The van der Waals surface area contributed by atoms with Gasteiger partial charge in [-0.1, -0.05) is 23.7 Å². The van der Waals surface area contributed by atoms with Gasteiger partial charge in [0.1, 0.15) is 5.75 Å². The predicted molar refractivity (Wildman–Crippen MR) is 83.5 cm³/mol. The second kappa shape index (κ2) is 6.82. The van der Waals surface area contributed by atoms with E-state index in [1.165, 1.54) is 18.2 Å². The number of amides is 2. The van der Waals surface area contributed by atoms with Crippen molar-refractivity contribution in [1.29, 1.82) is 0 Å². The van der Waals surface area contributed by atoms with E-state index >= 15 is 0 Å². The van der Waals surface area contributed by atoms with Crippen LogP contribution in [0.5, 0.6) is 5.75 Å². The maximum atomic E-state index is 11.9. The number of carboxylic acid groups (broad SMARTS) is 1. The van der Waals surface area contributed by atoms with E-state index in [2.05, 4.69) is 10.6 Å². The molecule has 2 rings (SSSR count). The molecule has 0 spiro atoms. The minimum atomic E-state index is -1.000. The highest BCUT2D eigenvalue weighted by Crippen LogP contribution is 2.25. The van der Waals surface area contributed by atoms with Crippen LogP contribution in [0.4, 0.5) is 16.2 Å². The number of carbonyl (C=O) groups is 2. The smallest absolute Gasteiger partial charge is 0.323 e. The zero-order chi connectivity index (χ0) is 16.1. The zero-order valence-electron chi connectivity index (χ0n) is 11.3. The van der Waals surface area contributed by atoms with Crippen molar-refractivity contribution in [2.24, 2.45) is 0 Å². The Morgan fingerprint density at radius 3 is 2.55 bits per heavy atom. The Kier molecular flexibility index (Phi) is 4.85. The van der Waals surface area contributed by atoms with Gasteiger partial charge in [-0.05, 0) is 35.9 Å². The van der Waals surface area contributed by atoms with Gasteiger partial charge in [0.15, 0.2) is 0 Å². The Balaban J connectivity index is 2.09. The number of anilines is 2. The van der Waals surface area contributed by atoms with Crippen LogP contribution in [0, 0.1) is 0 Å². The molecule has 0 radical (unpaired) electrons. The molecule has 0 saturated heterocycles. The monoisotopic (exact) mass is 320 g/mol. The van der Waals surface area contributed by atoms with Gasteiger partial charge >= 0.3 is 12.0 Å². The first-order chi connectivity index (χ1) is 10.4. The van der Waals surface area contributed by atoms with Crippen molar-refractivity contribution in [3.63, 3.8) is 0 Å². The van der Waals surface area contributed by atoms with E-state index in [9.17, 15) is 14.7 Å². The Morgan fingerprint density at radius 1 is 1.09 bits per heavy atom. The number of phenols is 1. The standard InChI is InChI=1S/C15H13ClN2O4/c16-10-2-1-3-11(8-10)17-15(22)18-12-6-9(7-14(20)21)4-5-13(12)19/h1-6,8,19H,7H2,(H,20,21)(H2,17,18,22). The van der Waals surface area contributed by atoms with Gasteiger partial charge < -0.3 is 20.8 Å². The third kappa shape index (κ3) is 4.39. The van der Waals surface area contributed by atoms with Crippen molar-refractivity contribution in [2.75, 3.05) is 10.6 Å². The third-order valence-corrected chi connectivity index (χ3v) is 2.98. The number of benzene rings is 2. The maximum Gasteiger partial charge on any atom is 0.323 e. The van der Waals surface area contributed by atoms with Crippen LogP contribution < -0.4 is 10.6 Å². The third-order valence-electron chi connectivity index (χ3n) is 2.75. The number of carbonyl (C=O) groups excluding carboxylic acids is 1. The number of halogens is 1. The molecular formula is C15H13ClN2O4. The van der Waals surface area contributed by atoms with Crippen molar-refractivity contribution in [3.8, 4) is 5.75 Å². The van der Waals surface area contributed by atoms with Crippen LogP contribution in [0.25, 0.3) is 0 Å². The van der Waals surface area contributed by atoms with Crippen LogP contribution in [-0.4, -0.2) is 22.2 Å². The Hall–Kier alpha value is -2.73. The summed E-state index contributed by atoms with van der Waals surface area (Å²) in [7, 11) is 0. The van der Waals surface area contributed by atoms with Gasteiger partial charge in [-0.15, -0.1) is 0 Å². The van der Waals surface area contributed by atoms with Crippen molar-refractivity contribution in [2.45, 2.75) is 6.42 Å². The SMILES string of the molecule is O=C(O)Cc1ccc(O)c(NC(=O)Nc2cccc(Cl)c2)c1. The predicted octanol–water partition coefficient (Wildman–Crippen LogP) is 3.32. The van der Waals surface area contributed by atoms with Crippen molar-refractivity contribution in [3.05, 3.63) is 53.1 Å². The van der Waals surface area contributed by atoms with Crippen LogP contribution in [0.3, 0.4) is 0 Å². The van der Waals surface area contributed by atoms with Crippen LogP contribution in [-0.2, 0) is 11.2 Å². The summed E-state index contributed by atoms with van der Waals surface area (Å²) in [4.78, 5) is 22.6. The lowest BCUT2D eigenvalue weighted by molar-refractivity contribution is -0.136. The molecule has 2 amide bonds. The van der Waals surface area contributed by atoms with E-state index in [0.717, 1.165) is 0 Å². The lowest BCUT2D eigenvalue weighted by Crippen LogP contribution is -2.19. The first-order valence-corrected chi connectivity index (χ1v) is 6.69. The minimum Gasteiger partial charge on any atom is -0.506 e. The topological polar surface area (TPSA) is 98.7 Å². The van der Waals surface area contributed by atoms with Gasteiger partial charge in [-0.25, -0.2) is 4.79 Å². The molecule has 0 heterocycles. The molecule has 0 aromatic heterocycles. The van der Waals surface area contributed by atoms with Gasteiger partial charge in [-0.3, -0.25) is 4.79 Å². The average molecular weight is 321 g/mol. The summed E-state index contributed by atoms with van der Waals surface area (Å²) in [5, 5.41) is 24.0. The molecule has 6 nitrogen and oxygen atoms in total. The van der Waals surface area contributed by atoms with Crippen LogP contribution >= 0.6 is 11.6 Å². The molecule has 7 heteroatoms. The first kappa shape index (κ1) is 15.7. The maximum absolute atomic E-state index is 11.9. The number of rotatable bonds is 4. The summed E-state index contributed by atoms with van der Waals surface area (Å²) in [5.41, 5.74) is 1.08. The number of hydrogen-bond donors (Lipinski definition) is 4. The molecule has 0 unspecified atom stereocenters. The van der Waals surface area contributed by atoms with E-state index in [4.69, 9.17) is 16.7 Å². The Labute approximate surface area is 131 Å². The number of nitrogens with one attached hydrogen (secondary N) is 2. The molecule has 0 saturated carbocycles. The summed E-state index contributed by atoms with van der Waals surface area (Å²) in [6, 6.07) is 10.2. The van der Waals surface area contributed by atoms with E-state index in [-0.39, 0.29) is 17.9 Å². The fourth-order valence-electron chi connectivity index (χ4n) is 1.82. The number of aliphatic carboxylic acids is 1. The second-order valence-corrected chi connectivity index (χ2v) is 4.95. The van der Waals surface area contributed by atoms with E-state index in [1.807, 2.05) is 0 Å². The Bertz CT molecular complexity index is 718. The van der Waals surface area contributed by atoms with Crippen LogP contribution in [0.1, 0.15) is 5.56 Å². The van der Waals surface area contributed by atoms with Crippen molar-refractivity contribution in [1.82, 2.24) is 0 Å². The summed E-state index contributed by atoms with van der Waals surface area (Å²) >= 11 is 5.82. The molecule has 0 aliphatic heterocycles. The normalized spacial score (nSPS) is 10.0. The van der Waals surface area contributed by atoms with Crippen LogP contribution in [0.2, 0.25) is 5.02 Å². The molecule has 0 atom stereocenters. The highest BCUT2D eigenvalue weighted by atomic mass is 35.5. The molecule has 0 bridgehead atoms. The number of carboxylic acids is 1. The number of aromatic hydroxyl groups is 1. The zero-order valence-corrected chi connectivity index (χ0v) is 12.1. The molecule has 4 N–H and O–H groups in total. The summed E-state index contributed by atoms with van der Waals surface area (Å²) in [6.07, 6.45) is -0.203. The highest BCUT2D eigenvalue weighted by Gasteiger charge is 2.09. The lowest BCUT2D eigenvalue weighted by Gasteiger charge is -2.10. The van der Waals surface area contributed by atoms with E-state index < -0.39 is 12.0 Å². The molecule has 0 aliphatic carbocycles. The number of urea groups is 1. The van der Waals surface area contributed by atoms with E-state index in [1.54, 1.807) is 24.3 Å². The van der Waals surface area contributed by atoms with Gasteiger partial charge in [0.25, 0.3) is 0 Å². The largest absolute Gasteiger partial charge is 0.506 e. The number of hydrogen-bond acceptors (Lipinski definition) is 3. The minimum absolute atomic E-state index is 0.123. The highest BCUT2D eigenvalue weighted by molar-refractivity contribution is 6.30. The summed E-state index contributed by atoms with van der Waals surface area (Å²) < 4.78 is 0. The molecule has 114 valence electrons. The van der Waals surface area contributed by atoms with Crippen molar-refractivity contribution < 1.29 is 19.8 Å². The fourth-order valence-corrected chi connectivity index (χ4v) is 2.01. The number of phenolic OH excluding ortho intramolecular Hbond substituents is 1. The molecule has 2 aromatic carbocycles. The summed E-state index contributed by atoms with van der Waals surface area (Å²) in [6.45, 7) is 0. The van der Waals surface area contributed by atoms with Crippen LogP contribution in [0.15, 0.2) is 42.5 Å². The summed E-state index contributed by atoms with van der Waals surface area (Å²) in [5.74, 6) is -1.16.